The van der Waals surface area contributed by atoms with Crippen LogP contribution in [0.15, 0.2) is 36.4 Å². The summed E-state index contributed by atoms with van der Waals surface area (Å²) in [6.45, 7) is 7.22. The van der Waals surface area contributed by atoms with Gasteiger partial charge in [0, 0.05) is 38.3 Å². The summed E-state index contributed by atoms with van der Waals surface area (Å²) in [5.41, 5.74) is 4.79. The molecule has 0 fully saturated rings. The minimum atomic E-state index is 0.200. The first-order chi connectivity index (χ1) is 13.5. The summed E-state index contributed by atoms with van der Waals surface area (Å²) in [4.78, 5) is 17.1. The molecule has 1 amide bonds. The largest absolute Gasteiger partial charge is 0.493 e. The number of benzene rings is 2. The maximum absolute atomic E-state index is 12.8. The molecule has 0 unspecified atom stereocenters. The molecule has 150 valence electrons. The van der Waals surface area contributed by atoms with E-state index in [1.54, 1.807) is 14.2 Å². The van der Waals surface area contributed by atoms with E-state index in [1.165, 1.54) is 16.8 Å². The van der Waals surface area contributed by atoms with Crippen LogP contribution in [-0.2, 0) is 17.8 Å². The van der Waals surface area contributed by atoms with Crippen LogP contribution in [0.3, 0.4) is 0 Å². The van der Waals surface area contributed by atoms with E-state index in [0.29, 0.717) is 18.7 Å². The quantitative estimate of drug-likeness (QED) is 0.730. The highest BCUT2D eigenvalue weighted by Crippen LogP contribution is 2.33. The molecule has 2 aromatic carbocycles. The first-order valence-corrected chi connectivity index (χ1v) is 9.88. The number of nitrogens with zero attached hydrogens (tertiary/aromatic N) is 2. The van der Waals surface area contributed by atoms with Crippen molar-refractivity contribution >= 4 is 11.6 Å². The second-order valence-electron chi connectivity index (χ2n) is 7.21. The van der Waals surface area contributed by atoms with Crippen LogP contribution < -0.4 is 14.4 Å². The number of hydrogen-bond acceptors (Lipinski definition) is 4. The Hall–Kier alpha value is -2.69. The molecular formula is C23H30N2O3. The monoisotopic (exact) mass is 382 g/mol. The van der Waals surface area contributed by atoms with E-state index in [4.69, 9.17) is 9.47 Å². The van der Waals surface area contributed by atoms with E-state index in [9.17, 15) is 4.79 Å². The van der Waals surface area contributed by atoms with Crippen LogP contribution in [-0.4, -0.2) is 44.7 Å². The molecule has 5 heteroatoms. The van der Waals surface area contributed by atoms with Crippen LogP contribution in [0.5, 0.6) is 11.5 Å². The molecule has 3 rings (SSSR count). The fourth-order valence-corrected chi connectivity index (χ4v) is 3.78. The van der Waals surface area contributed by atoms with E-state index in [-0.39, 0.29) is 5.91 Å². The molecule has 28 heavy (non-hydrogen) atoms. The fraction of sp³-hybridized carbons (Fsp3) is 0.435. The van der Waals surface area contributed by atoms with Gasteiger partial charge in [-0.15, -0.1) is 0 Å². The van der Waals surface area contributed by atoms with Crippen molar-refractivity contribution in [2.75, 3.05) is 38.8 Å². The van der Waals surface area contributed by atoms with Crippen LogP contribution in [0.2, 0.25) is 0 Å². The summed E-state index contributed by atoms with van der Waals surface area (Å²) in [6.07, 6.45) is 1.36. The molecule has 1 heterocycles. The van der Waals surface area contributed by atoms with Crippen molar-refractivity contribution in [3.8, 4) is 11.5 Å². The lowest BCUT2D eigenvalue weighted by Crippen LogP contribution is -2.38. The van der Waals surface area contributed by atoms with E-state index < -0.39 is 0 Å². The number of carbonyl (C=O) groups is 1. The minimum Gasteiger partial charge on any atom is -0.493 e. The number of rotatable bonds is 7. The van der Waals surface area contributed by atoms with Crippen molar-refractivity contribution < 1.29 is 14.3 Å². The van der Waals surface area contributed by atoms with E-state index >= 15 is 0 Å². The molecule has 0 saturated carbocycles. The number of fused-ring (bicyclic) bond motifs is 1. The number of anilines is 1. The lowest BCUT2D eigenvalue weighted by atomic mass is 9.98. The lowest BCUT2D eigenvalue weighted by Gasteiger charge is -2.31. The number of amides is 1. The number of aryl methyl sites for hydroxylation is 1. The maximum atomic E-state index is 12.8. The highest BCUT2D eigenvalue weighted by Gasteiger charge is 2.23. The summed E-state index contributed by atoms with van der Waals surface area (Å²) in [7, 11) is 3.29. The Kier molecular flexibility index (Phi) is 6.45. The van der Waals surface area contributed by atoms with E-state index in [0.717, 1.165) is 37.4 Å². The van der Waals surface area contributed by atoms with Gasteiger partial charge in [-0.25, -0.2) is 0 Å². The Bertz CT molecular complexity index is 835. The second-order valence-corrected chi connectivity index (χ2v) is 7.21. The normalized spacial score (nSPS) is 13.1. The number of ether oxygens (including phenoxy) is 2. The second kappa shape index (κ2) is 9.00. The summed E-state index contributed by atoms with van der Waals surface area (Å²) in [5, 5.41) is 0. The van der Waals surface area contributed by atoms with Gasteiger partial charge >= 0.3 is 0 Å². The highest BCUT2D eigenvalue weighted by atomic mass is 16.5. The zero-order valence-corrected chi connectivity index (χ0v) is 17.3. The van der Waals surface area contributed by atoms with Crippen molar-refractivity contribution in [3.05, 3.63) is 53.1 Å². The summed E-state index contributed by atoms with van der Waals surface area (Å²) in [5.74, 6) is 1.66. The van der Waals surface area contributed by atoms with Crippen LogP contribution >= 0.6 is 0 Å². The zero-order valence-electron chi connectivity index (χ0n) is 17.3. The standard InChI is InChI=1S/C23H30N2O3/c1-5-24(20-8-6-7-17(2)13-20)12-10-23(26)25-11-9-18-14-21(27-3)22(28-4)15-19(18)16-25/h6-8,13-15H,5,9-12,16H2,1-4H3. The molecule has 0 atom stereocenters. The topological polar surface area (TPSA) is 42.0 Å². The molecule has 2 aromatic rings. The molecule has 0 aliphatic carbocycles. The van der Waals surface area contributed by atoms with Gasteiger partial charge in [-0.05, 0) is 61.2 Å². The number of carbonyl (C=O) groups excluding carboxylic acids is 1. The highest BCUT2D eigenvalue weighted by molar-refractivity contribution is 5.77. The maximum Gasteiger partial charge on any atom is 0.224 e. The van der Waals surface area contributed by atoms with Gasteiger partial charge in [0.2, 0.25) is 5.91 Å². The average Bonchev–Trinajstić information content (AvgIpc) is 2.72. The van der Waals surface area contributed by atoms with Crippen molar-refractivity contribution in [2.24, 2.45) is 0 Å². The van der Waals surface area contributed by atoms with Crippen molar-refractivity contribution in [2.45, 2.75) is 33.2 Å². The Morgan fingerprint density at radius 3 is 2.46 bits per heavy atom. The zero-order chi connectivity index (χ0) is 20.1. The molecule has 0 aromatic heterocycles. The van der Waals surface area contributed by atoms with Gasteiger partial charge in [0.25, 0.3) is 0 Å². The molecule has 0 N–H and O–H groups in total. The third-order valence-electron chi connectivity index (χ3n) is 5.41. The van der Waals surface area contributed by atoms with Crippen LogP contribution in [0.4, 0.5) is 5.69 Å². The molecule has 1 aliphatic rings. The SMILES string of the molecule is CCN(CCC(=O)N1CCc2cc(OC)c(OC)cc2C1)c1cccc(C)c1. The third-order valence-corrected chi connectivity index (χ3v) is 5.41. The first-order valence-electron chi connectivity index (χ1n) is 9.88. The molecule has 0 radical (unpaired) electrons. The lowest BCUT2D eigenvalue weighted by molar-refractivity contribution is -0.131. The van der Waals surface area contributed by atoms with Crippen molar-refractivity contribution in [1.29, 1.82) is 0 Å². The van der Waals surface area contributed by atoms with Gasteiger partial charge in [-0.3, -0.25) is 4.79 Å². The summed E-state index contributed by atoms with van der Waals surface area (Å²) < 4.78 is 10.8. The van der Waals surface area contributed by atoms with Crippen molar-refractivity contribution in [1.82, 2.24) is 4.90 Å². The summed E-state index contributed by atoms with van der Waals surface area (Å²) in [6, 6.07) is 12.5. The first kappa shape index (κ1) is 20.1. The molecule has 0 spiro atoms. The Morgan fingerprint density at radius 2 is 1.82 bits per heavy atom. The Balaban J connectivity index is 1.64. The molecular weight excluding hydrogens is 352 g/mol. The fourth-order valence-electron chi connectivity index (χ4n) is 3.78. The van der Waals surface area contributed by atoms with Crippen LogP contribution in [0, 0.1) is 6.92 Å². The van der Waals surface area contributed by atoms with Gasteiger partial charge in [0.1, 0.15) is 0 Å². The van der Waals surface area contributed by atoms with Gasteiger partial charge < -0.3 is 19.3 Å². The van der Waals surface area contributed by atoms with E-state index in [1.807, 2.05) is 17.0 Å². The van der Waals surface area contributed by atoms with Gasteiger partial charge in [-0.2, -0.15) is 0 Å². The predicted octanol–water partition coefficient (Wildman–Crippen LogP) is 3.81. The van der Waals surface area contributed by atoms with E-state index in [2.05, 4.69) is 43.0 Å². The Labute approximate surface area is 167 Å². The van der Waals surface area contributed by atoms with Crippen LogP contribution in [0.25, 0.3) is 0 Å². The number of hydrogen-bond donors (Lipinski definition) is 0. The van der Waals surface area contributed by atoms with Crippen molar-refractivity contribution in [3.63, 3.8) is 0 Å². The Morgan fingerprint density at radius 1 is 1.11 bits per heavy atom. The molecule has 0 bridgehead atoms. The van der Waals surface area contributed by atoms with Gasteiger partial charge in [-0.1, -0.05) is 12.1 Å². The molecule has 0 saturated heterocycles. The van der Waals surface area contributed by atoms with Gasteiger partial charge in [0.05, 0.1) is 14.2 Å². The minimum absolute atomic E-state index is 0.200. The average molecular weight is 383 g/mol. The smallest absolute Gasteiger partial charge is 0.224 e. The third kappa shape index (κ3) is 4.41. The predicted molar refractivity (Wildman–Crippen MR) is 112 cm³/mol. The summed E-state index contributed by atoms with van der Waals surface area (Å²) >= 11 is 0. The van der Waals surface area contributed by atoms with Gasteiger partial charge in [0.15, 0.2) is 11.5 Å². The number of methoxy groups -OCH3 is 2. The van der Waals surface area contributed by atoms with Crippen LogP contribution in [0.1, 0.15) is 30.0 Å². The molecule has 1 aliphatic heterocycles. The molecule has 5 nitrogen and oxygen atoms in total.